The highest BCUT2D eigenvalue weighted by Crippen LogP contribution is 2.19. The first kappa shape index (κ1) is 25.9. The molecule has 32 heavy (non-hydrogen) atoms. The topological polar surface area (TPSA) is 65.7 Å². The number of nitrogens with one attached hydrogen (secondary N) is 2. The molecule has 0 unspecified atom stereocenters. The molecular formula is C25H34IN5O. The van der Waals surface area contributed by atoms with Crippen LogP contribution < -0.4 is 10.6 Å². The van der Waals surface area contributed by atoms with Crippen LogP contribution in [0.25, 0.3) is 11.5 Å². The van der Waals surface area contributed by atoms with Crippen LogP contribution in [0.15, 0.2) is 64.2 Å². The number of hydrogen-bond donors (Lipinski definition) is 2. The number of aryl methyl sites for hydroxylation is 1. The number of benzene rings is 2. The molecule has 0 atom stereocenters. The van der Waals surface area contributed by atoms with E-state index in [4.69, 9.17) is 4.42 Å². The Hall–Kier alpha value is -2.39. The van der Waals surface area contributed by atoms with Gasteiger partial charge in [-0.3, -0.25) is 9.89 Å². The molecule has 1 aromatic heterocycles. The van der Waals surface area contributed by atoms with Crippen LogP contribution in [0.4, 0.5) is 0 Å². The van der Waals surface area contributed by atoms with Crippen molar-refractivity contribution in [2.24, 2.45) is 4.99 Å². The summed E-state index contributed by atoms with van der Waals surface area (Å²) >= 11 is 0. The molecule has 7 heteroatoms. The zero-order valence-electron chi connectivity index (χ0n) is 19.4. The van der Waals surface area contributed by atoms with Crippen LogP contribution in [0.3, 0.4) is 0 Å². The van der Waals surface area contributed by atoms with Crippen molar-refractivity contribution in [3.05, 3.63) is 77.2 Å². The van der Waals surface area contributed by atoms with E-state index in [1.165, 1.54) is 16.7 Å². The van der Waals surface area contributed by atoms with Crippen LogP contribution in [-0.2, 0) is 19.6 Å². The first-order valence-electron chi connectivity index (χ1n) is 10.9. The molecule has 172 valence electrons. The number of oxazole rings is 1. The number of aromatic nitrogens is 1. The van der Waals surface area contributed by atoms with E-state index in [0.29, 0.717) is 19.0 Å². The van der Waals surface area contributed by atoms with Gasteiger partial charge in [0, 0.05) is 25.7 Å². The molecule has 0 fully saturated rings. The lowest BCUT2D eigenvalue weighted by Gasteiger charge is -2.18. The fourth-order valence-corrected chi connectivity index (χ4v) is 3.34. The van der Waals surface area contributed by atoms with Gasteiger partial charge in [-0.1, -0.05) is 55.8 Å². The lowest BCUT2D eigenvalue weighted by Crippen LogP contribution is -2.36. The third-order valence-electron chi connectivity index (χ3n) is 5.26. The maximum Gasteiger partial charge on any atom is 0.226 e. The number of nitrogens with zero attached hydrogens (tertiary/aromatic N) is 3. The van der Waals surface area contributed by atoms with Crippen molar-refractivity contribution >= 4 is 29.9 Å². The molecule has 0 aliphatic heterocycles. The summed E-state index contributed by atoms with van der Waals surface area (Å²) in [5.74, 6) is 1.36. The Kier molecular flexibility index (Phi) is 10.7. The lowest BCUT2D eigenvalue weighted by atomic mass is 10.1. The minimum Gasteiger partial charge on any atom is -0.444 e. The predicted octanol–water partition coefficient (Wildman–Crippen LogP) is 4.98. The van der Waals surface area contributed by atoms with E-state index in [1.807, 2.05) is 12.1 Å². The zero-order chi connectivity index (χ0) is 22.1. The predicted molar refractivity (Wildman–Crippen MR) is 142 cm³/mol. The van der Waals surface area contributed by atoms with Crippen molar-refractivity contribution in [3.8, 4) is 11.5 Å². The molecule has 2 N–H and O–H groups in total. The minimum absolute atomic E-state index is 0. The van der Waals surface area contributed by atoms with Crippen LogP contribution in [0.1, 0.15) is 36.2 Å². The van der Waals surface area contributed by atoms with Crippen LogP contribution in [-0.4, -0.2) is 36.0 Å². The van der Waals surface area contributed by atoms with Crippen LogP contribution in [0, 0.1) is 6.92 Å². The fraction of sp³-hybridized carbons (Fsp3) is 0.360. The highest BCUT2D eigenvalue weighted by molar-refractivity contribution is 14.0. The smallest absolute Gasteiger partial charge is 0.226 e. The van der Waals surface area contributed by atoms with Crippen molar-refractivity contribution < 1.29 is 4.42 Å². The van der Waals surface area contributed by atoms with Gasteiger partial charge in [-0.25, -0.2) is 4.98 Å². The zero-order valence-corrected chi connectivity index (χ0v) is 21.7. The molecule has 0 aliphatic carbocycles. The minimum atomic E-state index is 0. The summed E-state index contributed by atoms with van der Waals surface area (Å²) in [6.07, 6.45) is 1.69. The molecule has 3 rings (SSSR count). The van der Waals surface area contributed by atoms with Gasteiger partial charge in [0.05, 0.1) is 12.2 Å². The molecule has 3 aromatic rings. The largest absolute Gasteiger partial charge is 0.444 e. The third kappa shape index (κ3) is 7.63. The van der Waals surface area contributed by atoms with Gasteiger partial charge >= 0.3 is 0 Å². The number of rotatable bonds is 9. The number of guanidine groups is 1. The standard InChI is InChI=1S/C25H33N5O.HI/c1-5-30(6-2)17-21-9-7-8-20(14-21)15-27-25(26-4)28-16-23-18-31-24(29-23)22-12-10-19(3)11-13-22;/h7-14,18H,5-6,15-17H2,1-4H3,(H2,26,27,28);1H. The summed E-state index contributed by atoms with van der Waals surface area (Å²) in [4.78, 5) is 11.3. The van der Waals surface area contributed by atoms with E-state index in [2.05, 4.69) is 82.7 Å². The molecule has 0 spiro atoms. The number of hydrogen-bond acceptors (Lipinski definition) is 4. The quantitative estimate of drug-likeness (QED) is 0.225. The summed E-state index contributed by atoms with van der Waals surface area (Å²) in [5.41, 5.74) is 5.59. The Labute approximate surface area is 208 Å². The monoisotopic (exact) mass is 547 g/mol. The van der Waals surface area contributed by atoms with Crippen LogP contribution >= 0.6 is 24.0 Å². The van der Waals surface area contributed by atoms with Crippen molar-refractivity contribution in [2.75, 3.05) is 20.1 Å². The van der Waals surface area contributed by atoms with Gasteiger partial charge in [0.1, 0.15) is 6.26 Å². The summed E-state index contributed by atoms with van der Waals surface area (Å²) in [6.45, 7) is 10.8. The summed E-state index contributed by atoms with van der Waals surface area (Å²) in [5, 5.41) is 6.68. The number of halogens is 1. The normalized spacial score (nSPS) is 11.3. The van der Waals surface area contributed by atoms with Gasteiger partial charge in [-0.15, -0.1) is 24.0 Å². The maximum absolute atomic E-state index is 5.63. The second-order valence-corrected chi connectivity index (χ2v) is 7.57. The molecule has 0 saturated carbocycles. The molecular weight excluding hydrogens is 513 g/mol. The maximum atomic E-state index is 5.63. The lowest BCUT2D eigenvalue weighted by molar-refractivity contribution is 0.296. The first-order chi connectivity index (χ1) is 15.1. The van der Waals surface area contributed by atoms with Crippen LogP contribution in [0.2, 0.25) is 0 Å². The molecule has 2 aromatic carbocycles. The first-order valence-corrected chi connectivity index (χ1v) is 10.9. The van der Waals surface area contributed by atoms with Crippen molar-refractivity contribution in [3.63, 3.8) is 0 Å². The van der Waals surface area contributed by atoms with Gasteiger partial charge in [-0.2, -0.15) is 0 Å². The average Bonchev–Trinajstić information content (AvgIpc) is 3.27. The van der Waals surface area contributed by atoms with Crippen molar-refractivity contribution in [1.82, 2.24) is 20.5 Å². The van der Waals surface area contributed by atoms with Crippen LogP contribution in [0.5, 0.6) is 0 Å². The average molecular weight is 547 g/mol. The van der Waals surface area contributed by atoms with Gasteiger partial charge < -0.3 is 15.1 Å². The fourth-order valence-electron chi connectivity index (χ4n) is 3.34. The highest BCUT2D eigenvalue weighted by Gasteiger charge is 2.08. The molecule has 0 radical (unpaired) electrons. The Bertz CT molecular complexity index is 980. The summed E-state index contributed by atoms with van der Waals surface area (Å²) in [7, 11) is 1.77. The van der Waals surface area contributed by atoms with Gasteiger partial charge in [0.25, 0.3) is 0 Å². The van der Waals surface area contributed by atoms with E-state index in [1.54, 1.807) is 13.3 Å². The summed E-state index contributed by atoms with van der Waals surface area (Å²) < 4.78 is 5.63. The molecule has 0 bridgehead atoms. The van der Waals surface area contributed by atoms with E-state index >= 15 is 0 Å². The van der Waals surface area contributed by atoms with Gasteiger partial charge in [0.2, 0.25) is 5.89 Å². The second kappa shape index (κ2) is 13.2. The Morgan fingerprint density at radius 1 is 1.00 bits per heavy atom. The van der Waals surface area contributed by atoms with E-state index in [9.17, 15) is 0 Å². The van der Waals surface area contributed by atoms with E-state index in [-0.39, 0.29) is 24.0 Å². The Morgan fingerprint density at radius 3 is 2.38 bits per heavy atom. The summed E-state index contributed by atoms with van der Waals surface area (Å²) in [6, 6.07) is 16.8. The van der Waals surface area contributed by atoms with Gasteiger partial charge in [-0.05, 0) is 43.3 Å². The Balaban J connectivity index is 0.00000363. The molecule has 1 heterocycles. The van der Waals surface area contributed by atoms with Gasteiger partial charge in [0.15, 0.2) is 5.96 Å². The molecule has 6 nitrogen and oxygen atoms in total. The highest BCUT2D eigenvalue weighted by atomic mass is 127. The van der Waals surface area contributed by atoms with Crippen molar-refractivity contribution in [2.45, 2.75) is 40.4 Å². The van der Waals surface area contributed by atoms with E-state index < -0.39 is 0 Å². The molecule has 0 amide bonds. The van der Waals surface area contributed by atoms with E-state index in [0.717, 1.165) is 36.9 Å². The number of aliphatic imine (C=N–C) groups is 1. The SMILES string of the molecule is CCN(CC)Cc1cccc(CNC(=NC)NCc2coc(-c3ccc(C)cc3)n2)c1.I. The molecule has 0 saturated heterocycles. The third-order valence-corrected chi connectivity index (χ3v) is 5.26. The van der Waals surface area contributed by atoms with Crippen molar-refractivity contribution in [1.29, 1.82) is 0 Å². The molecule has 0 aliphatic rings. The second-order valence-electron chi connectivity index (χ2n) is 7.57. The Morgan fingerprint density at radius 2 is 1.69 bits per heavy atom.